The molecule has 1 rings (SSSR count). The van der Waals surface area contributed by atoms with Crippen LogP contribution in [-0.4, -0.2) is 14.9 Å². The van der Waals surface area contributed by atoms with Crippen LogP contribution in [0.5, 0.6) is 0 Å². The minimum atomic E-state index is -3.24. The Labute approximate surface area is 147 Å². The molecule has 1 aromatic carbocycles. The maximum atomic E-state index is 13.9. The van der Waals surface area contributed by atoms with Crippen molar-refractivity contribution in [2.75, 3.05) is 6.61 Å². The largest absolute Gasteiger partial charge is 0.413 e. The topological polar surface area (TPSA) is 9.23 Å². The summed E-state index contributed by atoms with van der Waals surface area (Å²) < 4.78 is 73.2. The highest BCUT2D eigenvalue weighted by Crippen LogP contribution is 2.20. The molecule has 0 heterocycles. The summed E-state index contributed by atoms with van der Waals surface area (Å²) in [5.41, 5.74) is 0. The Balaban J connectivity index is 2.54. The number of halogens is 5. The van der Waals surface area contributed by atoms with E-state index in [4.69, 9.17) is 4.43 Å². The molecule has 0 saturated carbocycles. The fourth-order valence-electron chi connectivity index (χ4n) is 2.77. The summed E-state index contributed by atoms with van der Waals surface area (Å²) in [6.07, 6.45) is 8.69. The fraction of sp³-hybridized carbons (Fsp3) is 0.667. The van der Waals surface area contributed by atoms with E-state index in [2.05, 4.69) is 6.92 Å². The van der Waals surface area contributed by atoms with Crippen LogP contribution in [0.1, 0.15) is 58.3 Å². The smallest absolute Gasteiger partial charge is 0.224 e. The molecule has 0 fully saturated rings. The molecule has 0 aliphatic rings. The van der Waals surface area contributed by atoms with Gasteiger partial charge in [0.15, 0.2) is 23.3 Å². The standard InChI is InChI=1S/C18H27F5OSi/c1-4-5-6-7-8-9-10-11-12-24-25(2,3)18-16(22)14(20)13(19)15(21)17(18)23/h4-12H2,1-3H3. The van der Waals surface area contributed by atoms with E-state index in [1.54, 1.807) is 0 Å². The van der Waals surface area contributed by atoms with E-state index in [0.717, 1.165) is 19.3 Å². The lowest BCUT2D eigenvalue weighted by Gasteiger charge is -2.24. The van der Waals surface area contributed by atoms with Gasteiger partial charge in [0.2, 0.25) is 14.1 Å². The predicted molar refractivity (Wildman–Crippen MR) is 91.9 cm³/mol. The summed E-state index contributed by atoms with van der Waals surface area (Å²) in [6.45, 7) is 5.30. The highest BCUT2D eigenvalue weighted by Gasteiger charge is 2.37. The van der Waals surface area contributed by atoms with Crippen molar-refractivity contribution in [1.29, 1.82) is 0 Å². The zero-order chi connectivity index (χ0) is 19.0. The van der Waals surface area contributed by atoms with Crippen LogP contribution in [0.2, 0.25) is 13.1 Å². The van der Waals surface area contributed by atoms with Crippen molar-refractivity contribution in [1.82, 2.24) is 0 Å². The predicted octanol–water partition coefficient (Wildman–Crippen LogP) is 5.95. The van der Waals surface area contributed by atoms with Gasteiger partial charge in [-0.3, -0.25) is 0 Å². The minimum Gasteiger partial charge on any atom is -0.413 e. The first-order valence-electron chi connectivity index (χ1n) is 8.89. The van der Waals surface area contributed by atoms with Crippen molar-refractivity contribution < 1.29 is 26.4 Å². The van der Waals surface area contributed by atoms with Crippen LogP contribution in [0.3, 0.4) is 0 Å². The maximum Gasteiger partial charge on any atom is 0.224 e. The summed E-state index contributed by atoms with van der Waals surface area (Å²) in [4.78, 5) is 0. The van der Waals surface area contributed by atoms with Gasteiger partial charge in [-0.25, -0.2) is 22.0 Å². The lowest BCUT2D eigenvalue weighted by Crippen LogP contribution is -2.50. The van der Waals surface area contributed by atoms with Gasteiger partial charge >= 0.3 is 0 Å². The van der Waals surface area contributed by atoms with Gasteiger partial charge in [-0.15, -0.1) is 0 Å². The zero-order valence-corrected chi connectivity index (χ0v) is 16.2. The number of rotatable bonds is 11. The molecule has 0 radical (unpaired) electrons. The summed E-state index contributed by atoms with van der Waals surface area (Å²) in [7, 11) is -3.24. The molecule has 1 nitrogen and oxygen atoms in total. The van der Waals surface area contributed by atoms with E-state index in [1.165, 1.54) is 38.8 Å². The first kappa shape index (κ1) is 22.1. The third-order valence-corrected chi connectivity index (χ3v) is 6.84. The van der Waals surface area contributed by atoms with Crippen molar-refractivity contribution in [2.24, 2.45) is 0 Å². The normalized spacial score (nSPS) is 12.0. The maximum absolute atomic E-state index is 13.9. The van der Waals surface area contributed by atoms with Crippen LogP contribution in [0.15, 0.2) is 0 Å². The minimum absolute atomic E-state index is 0.258. The molecule has 0 unspecified atom stereocenters. The van der Waals surface area contributed by atoms with E-state index in [9.17, 15) is 22.0 Å². The molecule has 0 saturated heterocycles. The highest BCUT2D eigenvalue weighted by atomic mass is 28.4. The van der Waals surface area contributed by atoms with Crippen molar-refractivity contribution >= 4 is 13.5 Å². The average molecular weight is 382 g/mol. The van der Waals surface area contributed by atoms with Gasteiger partial charge in [-0.1, -0.05) is 51.9 Å². The van der Waals surface area contributed by atoms with Gasteiger partial charge in [0.1, 0.15) is 0 Å². The first-order valence-corrected chi connectivity index (χ1v) is 11.8. The highest BCUT2D eigenvalue weighted by molar-refractivity contribution is 6.84. The molecule has 0 spiro atoms. The number of unbranched alkanes of at least 4 members (excludes halogenated alkanes) is 7. The van der Waals surface area contributed by atoms with Gasteiger partial charge in [0.25, 0.3) is 0 Å². The number of hydrogen-bond donors (Lipinski definition) is 0. The Bertz CT molecular complexity index is 534. The lowest BCUT2D eigenvalue weighted by molar-refractivity contribution is 0.298. The van der Waals surface area contributed by atoms with Crippen molar-refractivity contribution in [3.8, 4) is 0 Å². The van der Waals surface area contributed by atoms with E-state index in [-0.39, 0.29) is 6.61 Å². The molecule has 25 heavy (non-hydrogen) atoms. The Morgan fingerprint density at radius 2 is 1.04 bits per heavy atom. The molecule has 0 amide bonds. The van der Waals surface area contributed by atoms with Crippen LogP contribution in [0, 0.1) is 29.1 Å². The molecule has 0 N–H and O–H groups in total. The van der Waals surface area contributed by atoms with Crippen molar-refractivity contribution in [3.05, 3.63) is 29.1 Å². The molecule has 0 aliphatic carbocycles. The molecule has 1 aromatic rings. The Kier molecular flexibility index (Phi) is 9.06. The van der Waals surface area contributed by atoms with Gasteiger partial charge in [0.05, 0.1) is 0 Å². The molecule has 0 aromatic heterocycles. The second-order valence-corrected chi connectivity index (χ2v) is 10.6. The first-order chi connectivity index (χ1) is 11.7. The third kappa shape index (κ3) is 6.06. The molecule has 0 bridgehead atoms. The van der Waals surface area contributed by atoms with Crippen LogP contribution < -0.4 is 5.19 Å². The Hall–Kier alpha value is -0.953. The van der Waals surface area contributed by atoms with Crippen LogP contribution >= 0.6 is 0 Å². The Morgan fingerprint density at radius 3 is 1.52 bits per heavy atom. The van der Waals surface area contributed by atoms with Gasteiger partial charge < -0.3 is 4.43 Å². The van der Waals surface area contributed by atoms with E-state index in [0.29, 0.717) is 6.42 Å². The second kappa shape index (κ2) is 10.3. The van der Waals surface area contributed by atoms with E-state index in [1.807, 2.05) is 0 Å². The second-order valence-electron chi connectivity index (χ2n) is 6.78. The number of hydrogen-bond acceptors (Lipinski definition) is 1. The number of benzene rings is 1. The van der Waals surface area contributed by atoms with E-state index >= 15 is 0 Å². The molecule has 0 aliphatic heterocycles. The van der Waals surface area contributed by atoms with Gasteiger partial charge in [-0.2, -0.15) is 0 Å². The summed E-state index contributed by atoms with van der Waals surface area (Å²) in [5.74, 6) is -9.50. The fourth-order valence-corrected chi connectivity index (χ4v) is 4.84. The quantitative estimate of drug-likeness (QED) is 0.151. The third-order valence-electron chi connectivity index (χ3n) is 4.27. The van der Waals surface area contributed by atoms with Crippen LogP contribution in [0.4, 0.5) is 22.0 Å². The zero-order valence-electron chi connectivity index (χ0n) is 15.2. The molecule has 7 heteroatoms. The summed E-state index contributed by atoms with van der Waals surface area (Å²) in [5, 5.41) is -0.788. The van der Waals surface area contributed by atoms with Gasteiger partial charge in [-0.05, 0) is 19.5 Å². The molecule has 144 valence electrons. The van der Waals surface area contributed by atoms with Crippen LogP contribution in [-0.2, 0) is 4.43 Å². The van der Waals surface area contributed by atoms with E-state index < -0.39 is 42.6 Å². The van der Waals surface area contributed by atoms with Crippen molar-refractivity contribution in [3.63, 3.8) is 0 Å². The summed E-state index contributed by atoms with van der Waals surface area (Å²) >= 11 is 0. The Morgan fingerprint density at radius 1 is 0.640 bits per heavy atom. The molecular formula is C18H27F5OSi. The summed E-state index contributed by atoms with van der Waals surface area (Å²) in [6, 6.07) is 0. The SMILES string of the molecule is CCCCCCCCCCO[Si](C)(C)c1c(F)c(F)c(F)c(F)c1F. The molecular weight excluding hydrogens is 355 g/mol. The average Bonchev–Trinajstić information content (AvgIpc) is 2.56. The molecule has 0 atom stereocenters. The lowest BCUT2D eigenvalue weighted by atomic mass is 10.1. The van der Waals surface area contributed by atoms with Crippen LogP contribution in [0.25, 0.3) is 0 Å². The van der Waals surface area contributed by atoms with Crippen molar-refractivity contribution in [2.45, 2.75) is 71.4 Å². The van der Waals surface area contributed by atoms with Gasteiger partial charge in [0, 0.05) is 11.8 Å². The monoisotopic (exact) mass is 382 g/mol.